The SMILES string of the molecule is CCOC(=O)C(C(=O)OCC)n1ccc([N+](=O)[O-])n1. The Morgan fingerprint density at radius 3 is 2.26 bits per heavy atom. The second-order valence-electron chi connectivity index (χ2n) is 3.32. The van der Waals surface area contributed by atoms with Gasteiger partial charge in [-0.1, -0.05) is 0 Å². The molecule has 0 aliphatic carbocycles. The van der Waals surface area contributed by atoms with E-state index in [4.69, 9.17) is 9.47 Å². The number of ether oxygens (including phenoxy) is 2. The summed E-state index contributed by atoms with van der Waals surface area (Å²) in [5.74, 6) is -2.23. The molecule has 0 N–H and O–H groups in total. The fourth-order valence-electron chi connectivity index (χ4n) is 1.32. The van der Waals surface area contributed by atoms with Crippen molar-refractivity contribution in [3.05, 3.63) is 22.4 Å². The van der Waals surface area contributed by atoms with Crippen molar-refractivity contribution in [1.29, 1.82) is 0 Å². The zero-order valence-electron chi connectivity index (χ0n) is 10.4. The van der Waals surface area contributed by atoms with Gasteiger partial charge in [-0.05, 0) is 18.8 Å². The second-order valence-corrected chi connectivity index (χ2v) is 3.32. The Hall–Kier alpha value is -2.45. The maximum atomic E-state index is 11.7. The summed E-state index contributed by atoms with van der Waals surface area (Å²) in [5, 5.41) is 14.1. The van der Waals surface area contributed by atoms with Gasteiger partial charge in [-0.2, -0.15) is 4.68 Å². The minimum Gasteiger partial charge on any atom is -0.464 e. The van der Waals surface area contributed by atoms with E-state index >= 15 is 0 Å². The van der Waals surface area contributed by atoms with Crippen LogP contribution in [0.1, 0.15) is 19.9 Å². The van der Waals surface area contributed by atoms with Gasteiger partial charge in [0.25, 0.3) is 6.04 Å². The fraction of sp³-hybridized carbons (Fsp3) is 0.500. The molecular weight excluding hydrogens is 258 g/mol. The van der Waals surface area contributed by atoms with Gasteiger partial charge in [-0.3, -0.25) is 0 Å². The first-order valence-electron chi connectivity index (χ1n) is 5.54. The molecule has 1 aromatic heterocycles. The zero-order chi connectivity index (χ0) is 14.4. The summed E-state index contributed by atoms with van der Waals surface area (Å²) in [7, 11) is 0. The molecule has 0 saturated carbocycles. The van der Waals surface area contributed by atoms with Crippen LogP contribution in [-0.2, 0) is 19.1 Å². The normalized spacial score (nSPS) is 10.3. The molecule has 0 atom stereocenters. The monoisotopic (exact) mass is 271 g/mol. The number of hydrogen-bond donors (Lipinski definition) is 0. The maximum Gasteiger partial charge on any atom is 0.389 e. The number of rotatable bonds is 6. The largest absolute Gasteiger partial charge is 0.464 e. The van der Waals surface area contributed by atoms with E-state index in [0.717, 1.165) is 16.9 Å². The molecule has 1 rings (SSSR count). The topological polar surface area (TPSA) is 114 Å². The second kappa shape index (κ2) is 6.47. The average Bonchev–Trinajstić information content (AvgIpc) is 2.79. The lowest BCUT2D eigenvalue weighted by atomic mass is 10.3. The van der Waals surface area contributed by atoms with E-state index in [1.807, 2.05) is 0 Å². The summed E-state index contributed by atoms with van der Waals surface area (Å²) in [6.45, 7) is 3.29. The predicted octanol–water partition coefficient (Wildman–Crippen LogP) is 0.459. The predicted molar refractivity (Wildman–Crippen MR) is 61.2 cm³/mol. The van der Waals surface area contributed by atoms with E-state index in [1.165, 1.54) is 0 Å². The molecule has 9 heteroatoms. The molecule has 0 aromatic carbocycles. The Kier molecular flexibility index (Phi) is 4.98. The first kappa shape index (κ1) is 14.6. The van der Waals surface area contributed by atoms with Gasteiger partial charge in [-0.25, -0.2) is 9.59 Å². The molecule has 0 fully saturated rings. The lowest BCUT2D eigenvalue weighted by Gasteiger charge is -2.11. The summed E-state index contributed by atoms with van der Waals surface area (Å²) in [5.41, 5.74) is 0. The van der Waals surface area contributed by atoms with Gasteiger partial charge in [0, 0.05) is 0 Å². The molecule has 0 aliphatic heterocycles. The van der Waals surface area contributed by atoms with E-state index in [9.17, 15) is 19.7 Å². The van der Waals surface area contributed by atoms with Crippen LogP contribution in [-0.4, -0.2) is 39.9 Å². The molecule has 0 radical (unpaired) electrons. The third-order valence-electron chi connectivity index (χ3n) is 2.07. The number of nitrogens with zero attached hydrogens (tertiary/aromatic N) is 3. The molecule has 0 saturated heterocycles. The number of carbonyl (C=O) groups is 2. The van der Waals surface area contributed by atoms with Gasteiger partial charge in [0.1, 0.15) is 0 Å². The summed E-state index contributed by atoms with van der Waals surface area (Å²) < 4.78 is 10.3. The molecule has 1 aromatic rings. The van der Waals surface area contributed by atoms with Crippen LogP contribution in [0, 0.1) is 10.1 Å². The smallest absolute Gasteiger partial charge is 0.389 e. The minimum absolute atomic E-state index is 0.0676. The van der Waals surface area contributed by atoms with Crippen molar-refractivity contribution in [3.8, 4) is 0 Å². The van der Waals surface area contributed by atoms with E-state index in [2.05, 4.69) is 5.10 Å². The number of nitro groups is 1. The van der Waals surface area contributed by atoms with Crippen molar-refractivity contribution in [3.63, 3.8) is 0 Å². The molecule has 0 aliphatic rings. The van der Waals surface area contributed by atoms with Gasteiger partial charge in [0.05, 0.1) is 30.6 Å². The van der Waals surface area contributed by atoms with Crippen molar-refractivity contribution < 1.29 is 24.0 Å². The van der Waals surface area contributed by atoms with Gasteiger partial charge in [0.15, 0.2) is 0 Å². The molecule has 0 bridgehead atoms. The van der Waals surface area contributed by atoms with Gasteiger partial charge >= 0.3 is 17.8 Å². The van der Waals surface area contributed by atoms with E-state index in [-0.39, 0.29) is 13.2 Å². The van der Waals surface area contributed by atoms with E-state index in [0.29, 0.717) is 0 Å². The molecule has 19 heavy (non-hydrogen) atoms. The van der Waals surface area contributed by atoms with Crippen LogP contribution < -0.4 is 0 Å². The van der Waals surface area contributed by atoms with Crippen LogP contribution in [0.3, 0.4) is 0 Å². The highest BCUT2D eigenvalue weighted by atomic mass is 16.6. The van der Waals surface area contributed by atoms with Gasteiger partial charge in [-0.15, -0.1) is 0 Å². The Balaban J connectivity index is 3.03. The molecule has 0 amide bonds. The summed E-state index contributed by atoms with van der Waals surface area (Å²) in [4.78, 5) is 33.2. The van der Waals surface area contributed by atoms with Crippen LogP contribution in [0.5, 0.6) is 0 Å². The van der Waals surface area contributed by atoms with Gasteiger partial charge < -0.3 is 19.6 Å². The van der Waals surface area contributed by atoms with E-state index < -0.39 is 28.7 Å². The number of hydrogen-bond acceptors (Lipinski definition) is 7. The molecule has 0 unspecified atom stereocenters. The highest BCUT2D eigenvalue weighted by molar-refractivity contribution is 5.97. The maximum absolute atomic E-state index is 11.7. The summed E-state index contributed by atoms with van der Waals surface area (Å²) in [6, 6.07) is -0.403. The fourth-order valence-corrected chi connectivity index (χ4v) is 1.32. The molecule has 104 valence electrons. The zero-order valence-corrected chi connectivity index (χ0v) is 10.4. The minimum atomic E-state index is -1.48. The van der Waals surface area contributed by atoms with Crippen LogP contribution in [0.15, 0.2) is 12.3 Å². The average molecular weight is 271 g/mol. The van der Waals surface area contributed by atoms with Crippen molar-refractivity contribution in [2.45, 2.75) is 19.9 Å². The Bertz CT molecular complexity index is 465. The molecular formula is C10H13N3O6. The molecule has 1 heterocycles. The number of esters is 2. The summed E-state index contributed by atoms with van der Waals surface area (Å²) >= 11 is 0. The van der Waals surface area contributed by atoms with E-state index in [1.54, 1.807) is 13.8 Å². The molecule has 9 nitrogen and oxygen atoms in total. The first-order valence-corrected chi connectivity index (χ1v) is 5.54. The highest BCUT2D eigenvalue weighted by Gasteiger charge is 2.35. The van der Waals surface area contributed by atoms with Crippen LogP contribution in [0.4, 0.5) is 5.82 Å². The third-order valence-corrected chi connectivity index (χ3v) is 2.07. The quantitative estimate of drug-likeness (QED) is 0.319. The van der Waals surface area contributed by atoms with Crippen LogP contribution in [0.25, 0.3) is 0 Å². The standard InChI is InChI=1S/C10H13N3O6/c1-3-18-9(14)8(10(15)19-4-2)12-6-5-7(11-12)13(16)17/h5-6,8H,3-4H2,1-2H3. The Morgan fingerprint density at radius 1 is 1.37 bits per heavy atom. The van der Waals surface area contributed by atoms with Crippen LogP contribution >= 0.6 is 0 Å². The Labute approximate surface area is 108 Å². The lowest BCUT2D eigenvalue weighted by Crippen LogP contribution is -2.31. The van der Waals surface area contributed by atoms with Crippen molar-refractivity contribution in [2.75, 3.05) is 13.2 Å². The van der Waals surface area contributed by atoms with Gasteiger partial charge in [0.2, 0.25) is 0 Å². The summed E-state index contributed by atoms with van der Waals surface area (Å²) in [6.07, 6.45) is 1.15. The first-order chi connectivity index (χ1) is 9.01. The van der Waals surface area contributed by atoms with Crippen LogP contribution in [0.2, 0.25) is 0 Å². The van der Waals surface area contributed by atoms with Crippen molar-refractivity contribution in [1.82, 2.24) is 9.78 Å². The number of carbonyl (C=O) groups excluding carboxylic acids is 2. The Morgan fingerprint density at radius 2 is 1.89 bits per heavy atom. The van der Waals surface area contributed by atoms with Crippen molar-refractivity contribution >= 4 is 17.8 Å². The highest BCUT2D eigenvalue weighted by Crippen LogP contribution is 2.14. The molecule has 0 spiro atoms. The van der Waals surface area contributed by atoms with Crippen molar-refractivity contribution in [2.24, 2.45) is 0 Å². The third kappa shape index (κ3) is 3.50. The lowest BCUT2D eigenvalue weighted by molar-refractivity contribution is -0.389. The number of aromatic nitrogens is 2.